The van der Waals surface area contributed by atoms with Crippen molar-refractivity contribution in [3.63, 3.8) is 0 Å². The van der Waals surface area contributed by atoms with Crippen LogP contribution in [0.1, 0.15) is 42.3 Å². The number of nitrogens with zero attached hydrogens (tertiary/aromatic N) is 1. The lowest BCUT2D eigenvalue weighted by Gasteiger charge is -2.30. The Labute approximate surface area is 225 Å². The van der Waals surface area contributed by atoms with Crippen LogP contribution in [0.25, 0.3) is 0 Å². The first kappa shape index (κ1) is 28.3. The van der Waals surface area contributed by atoms with Gasteiger partial charge < -0.3 is 21.3 Å². The molecule has 1 aliphatic rings. The zero-order valence-electron chi connectivity index (χ0n) is 19.5. The van der Waals surface area contributed by atoms with Gasteiger partial charge in [0.15, 0.2) is 5.11 Å². The Hall–Kier alpha value is -3.72. The van der Waals surface area contributed by atoms with Crippen LogP contribution in [-0.4, -0.2) is 28.4 Å². The van der Waals surface area contributed by atoms with E-state index >= 15 is 0 Å². The lowest BCUT2D eigenvalue weighted by molar-refractivity contribution is -0.143. The van der Waals surface area contributed by atoms with E-state index in [1.54, 1.807) is 0 Å². The van der Waals surface area contributed by atoms with Crippen molar-refractivity contribution in [2.75, 3.05) is 17.2 Å². The number of benzene rings is 2. The zero-order chi connectivity index (χ0) is 28.7. The van der Waals surface area contributed by atoms with Crippen LogP contribution < -0.4 is 16.4 Å². The highest BCUT2D eigenvalue weighted by molar-refractivity contribution is 7.80. The number of hydrogen-bond acceptors (Lipinski definition) is 4. The van der Waals surface area contributed by atoms with E-state index in [9.17, 15) is 40.3 Å². The lowest BCUT2D eigenvalue weighted by Crippen LogP contribution is -2.38. The van der Waals surface area contributed by atoms with Crippen molar-refractivity contribution in [3.05, 3.63) is 81.0 Å². The van der Waals surface area contributed by atoms with Crippen molar-refractivity contribution in [2.45, 2.75) is 25.3 Å². The van der Waals surface area contributed by atoms with Crippen molar-refractivity contribution < 1.29 is 40.3 Å². The molecule has 1 aromatic heterocycles. The van der Waals surface area contributed by atoms with Crippen LogP contribution in [-0.2, 0) is 25.3 Å². The number of anilines is 2. The van der Waals surface area contributed by atoms with Crippen LogP contribution in [0.5, 0.6) is 0 Å². The maximum Gasteiger partial charge on any atom is 0.416 e. The molecule has 1 aliphatic heterocycles. The molecular formula is C24H17F7N4O2S2. The molecule has 2 aromatic carbocycles. The molecule has 0 fully saturated rings. The normalized spacial score (nSPS) is 13.6. The number of rotatable bonds is 4. The Balaban J connectivity index is 1.57. The van der Waals surface area contributed by atoms with Gasteiger partial charge in [0.2, 0.25) is 0 Å². The van der Waals surface area contributed by atoms with Crippen molar-refractivity contribution in [2.24, 2.45) is 5.73 Å². The quantitative estimate of drug-likeness (QED) is 0.255. The van der Waals surface area contributed by atoms with Gasteiger partial charge in [-0.05, 0) is 54.5 Å². The van der Waals surface area contributed by atoms with E-state index in [2.05, 4.69) is 10.6 Å². The largest absolute Gasteiger partial charge is 0.416 e. The van der Waals surface area contributed by atoms with Gasteiger partial charge in [-0.3, -0.25) is 9.59 Å². The minimum atomic E-state index is -5.02. The molecule has 6 nitrogen and oxygen atoms in total. The standard InChI is InChI=1S/C24H17F7N4O2S2/c25-16-4-2-1-3-14(16)20(37)34-21-18(19(32)36)15-5-6-35(10-17(15)39-21)22(38)33-13-8-11(23(26,27)28)7-12(9-13)24(29,30)31/h1-4,7-9H,5-6,10H2,(H2,32,36)(H,33,38)(H,34,37). The maximum absolute atomic E-state index is 14.0. The first-order valence-corrected chi connectivity index (χ1v) is 12.2. The number of carbonyl (C=O) groups excluding carboxylic acids is 2. The van der Waals surface area contributed by atoms with Crippen molar-refractivity contribution >= 4 is 51.2 Å². The highest BCUT2D eigenvalue weighted by atomic mass is 32.1. The minimum absolute atomic E-state index is 0.00946. The van der Waals surface area contributed by atoms with Gasteiger partial charge in [0, 0.05) is 17.1 Å². The number of hydrogen-bond donors (Lipinski definition) is 3. The molecule has 2 amide bonds. The summed E-state index contributed by atoms with van der Waals surface area (Å²) in [7, 11) is 0. The summed E-state index contributed by atoms with van der Waals surface area (Å²) < 4.78 is 93.2. The monoisotopic (exact) mass is 590 g/mol. The van der Waals surface area contributed by atoms with Gasteiger partial charge in [-0.15, -0.1) is 11.3 Å². The first-order chi connectivity index (χ1) is 18.1. The number of halogens is 7. The first-order valence-electron chi connectivity index (χ1n) is 11.0. The zero-order valence-corrected chi connectivity index (χ0v) is 21.1. The smallest absolute Gasteiger partial charge is 0.365 e. The third-order valence-electron chi connectivity index (χ3n) is 5.77. The Morgan fingerprint density at radius 3 is 2.15 bits per heavy atom. The van der Waals surface area contributed by atoms with E-state index in [-0.39, 0.29) is 46.8 Å². The average molecular weight is 591 g/mol. The molecule has 4 N–H and O–H groups in total. The van der Waals surface area contributed by atoms with Crippen LogP contribution in [0, 0.1) is 5.82 Å². The molecule has 0 atom stereocenters. The molecule has 4 rings (SSSR count). The van der Waals surface area contributed by atoms with Crippen LogP contribution in [0.2, 0.25) is 0 Å². The maximum atomic E-state index is 14.0. The number of amides is 2. The Morgan fingerprint density at radius 1 is 0.974 bits per heavy atom. The second-order valence-electron chi connectivity index (χ2n) is 8.40. The summed E-state index contributed by atoms with van der Waals surface area (Å²) in [6.07, 6.45) is -9.87. The van der Waals surface area contributed by atoms with Crippen molar-refractivity contribution in [3.8, 4) is 0 Å². The molecule has 206 valence electrons. The molecule has 0 unspecified atom stereocenters. The third kappa shape index (κ3) is 6.14. The third-order valence-corrected chi connectivity index (χ3v) is 7.27. The number of nitrogens with two attached hydrogens (primary N) is 1. The molecule has 0 radical (unpaired) electrons. The van der Waals surface area contributed by atoms with Crippen LogP contribution in [0.4, 0.5) is 41.4 Å². The predicted octanol–water partition coefficient (Wildman–Crippen LogP) is 6.03. The lowest BCUT2D eigenvalue weighted by atomic mass is 10.0. The van der Waals surface area contributed by atoms with E-state index in [1.165, 1.54) is 23.1 Å². The highest BCUT2D eigenvalue weighted by Gasteiger charge is 2.37. The van der Waals surface area contributed by atoms with Crippen LogP contribution in [0.3, 0.4) is 0 Å². The second-order valence-corrected chi connectivity index (χ2v) is 9.89. The van der Waals surface area contributed by atoms with Gasteiger partial charge >= 0.3 is 12.4 Å². The summed E-state index contributed by atoms with van der Waals surface area (Å²) in [5, 5.41) is 4.84. The van der Waals surface area contributed by atoms with E-state index in [0.717, 1.165) is 17.4 Å². The number of thiocarbonyl (C=S) groups is 1. The Kier molecular flexibility index (Phi) is 7.58. The molecular weight excluding hydrogens is 573 g/mol. The summed E-state index contributed by atoms with van der Waals surface area (Å²) in [4.78, 5) is 26.8. The number of fused-ring (bicyclic) bond motifs is 1. The van der Waals surface area contributed by atoms with Crippen LogP contribution >= 0.6 is 23.6 Å². The molecule has 0 aliphatic carbocycles. The van der Waals surface area contributed by atoms with Crippen LogP contribution in [0.15, 0.2) is 42.5 Å². The number of primary amides is 1. The van der Waals surface area contributed by atoms with Gasteiger partial charge in [-0.25, -0.2) is 4.39 Å². The number of alkyl halides is 6. The van der Waals surface area contributed by atoms with Gasteiger partial charge in [-0.1, -0.05) is 12.1 Å². The van der Waals surface area contributed by atoms with Gasteiger partial charge in [0.05, 0.1) is 28.8 Å². The summed E-state index contributed by atoms with van der Waals surface area (Å²) in [6.45, 7) is 0.161. The molecule has 0 spiro atoms. The van der Waals surface area contributed by atoms with E-state index in [1.807, 2.05) is 0 Å². The Morgan fingerprint density at radius 2 is 1.59 bits per heavy atom. The molecule has 0 saturated heterocycles. The van der Waals surface area contributed by atoms with Gasteiger partial charge in [0.25, 0.3) is 11.8 Å². The average Bonchev–Trinajstić information content (AvgIpc) is 3.20. The SMILES string of the molecule is NC(=O)c1c(NC(=O)c2ccccc2F)sc2c1CCN(C(=S)Nc1cc(C(F)(F)F)cc(C(F)(F)F)c1)C2. The summed E-state index contributed by atoms with van der Waals surface area (Å²) in [5.41, 5.74) is 2.31. The number of thiophene rings is 1. The second kappa shape index (κ2) is 10.4. The van der Waals surface area contributed by atoms with Gasteiger partial charge in [0.1, 0.15) is 10.8 Å². The summed E-state index contributed by atoms with van der Waals surface area (Å²) in [6, 6.07) is 6.26. The van der Waals surface area contributed by atoms with E-state index in [4.69, 9.17) is 18.0 Å². The fourth-order valence-corrected chi connectivity index (χ4v) is 5.51. The van der Waals surface area contributed by atoms with Crippen molar-refractivity contribution in [1.82, 2.24) is 4.90 Å². The molecule has 0 saturated carbocycles. The topological polar surface area (TPSA) is 87.5 Å². The van der Waals surface area contributed by atoms with E-state index in [0.29, 0.717) is 22.6 Å². The highest BCUT2D eigenvalue weighted by Crippen LogP contribution is 2.39. The minimum Gasteiger partial charge on any atom is -0.365 e. The molecule has 15 heteroatoms. The molecule has 39 heavy (non-hydrogen) atoms. The predicted molar refractivity (Wildman–Crippen MR) is 134 cm³/mol. The molecule has 0 bridgehead atoms. The fourth-order valence-electron chi connectivity index (χ4n) is 3.97. The fraction of sp³-hybridized carbons (Fsp3) is 0.208. The summed E-state index contributed by atoms with van der Waals surface area (Å²) >= 11 is 6.23. The molecule has 3 aromatic rings. The number of nitrogens with one attached hydrogen (secondary N) is 2. The van der Waals surface area contributed by atoms with Gasteiger partial charge in [-0.2, -0.15) is 26.3 Å². The Bertz CT molecular complexity index is 1440. The molecule has 2 heterocycles. The van der Waals surface area contributed by atoms with E-state index < -0.39 is 46.8 Å². The van der Waals surface area contributed by atoms with Crippen molar-refractivity contribution in [1.29, 1.82) is 0 Å². The number of carbonyl (C=O) groups is 2. The summed E-state index contributed by atoms with van der Waals surface area (Å²) in [5.74, 6) is -2.43.